The van der Waals surface area contributed by atoms with Gasteiger partial charge in [-0.25, -0.2) is 0 Å². The molecule has 112 valence electrons. The molecule has 0 aliphatic rings. The molecule has 18 heavy (non-hydrogen) atoms. The molecule has 0 radical (unpaired) electrons. The van der Waals surface area contributed by atoms with Crippen LogP contribution in [0.1, 0.15) is 62.3 Å². The van der Waals surface area contributed by atoms with Crippen LogP contribution in [0.25, 0.3) is 0 Å². The van der Waals surface area contributed by atoms with Crippen molar-refractivity contribution in [3.8, 4) is 0 Å². The Morgan fingerprint density at radius 2 is 0.722 bits per heavy atom. The van der Waals surface area contributed by atoms with E-state index < -0.39 is 14.9 Å². The van der Waals surface area contributed by atoms with Crippen molar-refractivity contribution >= 4 is 14.9 Å². The second-order valence-electron chi connectivity index (χ2n) is 8.03. The van der Waals surface area contributed by atoms with Gasteiger partial charge in [0, 0.05) is 7.92 Å². The summed E-state index contributed by atoms with van der Waals surface area (Å²) < 4.78 is 31.2. The van der Waals surface area contributed by atoms with Crippen molar-refractivity contribution < 1.29 is 12.9 Å². The number of halogens is 3. The van der Waals surface area contributed by atoms with E-state index in [1.54, 1.807) is 0 Å². The fraction of sp³-hybridized carbons (Fsp3) is 1.00. The SMILES string of the molecule is CC(C)(C)[PH+](C(C)(C)C)C(C)(C)C.C[B-](F)(F)F. The summed E-state index contributed by atoms with van der Waals surface area (Å²) in [6.45, 7) is 17.4. The van der Waals surface area contributed by atoms with E-state index in [0.29, 0.717) is 15.5 Å². The lowest BCUT2D eigenvalue weighted by Crippen LogP contribution is -2.34. The Labute approximate surface area is 113 Å². The molecule has 0 aromatic rings. The van der Waals surface area contributed by atoms with Crippen molar-refractivity contribution in [1.82, 2.24) is 0 Å². The molecule has 0 spiro atoms. The molecule has 0 saturated carbocycles. The van der Waals surface area contributed by atoms with E-state index in [2.05, 4.69) is 62.3 Å². The molecule has 0 nitrogen and oxygen atoms in total. The van der Waals surface area contributed by atoms with E-state index in [1.165, 1.54) is 0 Å². The summed E-state index contributed by atoms with van der Waals surface area (Å²) in [7, 11) is -0.391. The molecule has 5 heteroatoms. The summed E-state index contributed by atoms with van der Waals surface area (Å²) >= 11 is 0. The first-order chi connectivity index (χ1) is 7.37. The summed E-state index contributed by atoms with van der Waals surface area (Å²) in [5.41, 5.74) is 0. The van der Waals surface area contributed by atoms with Gasteiger partial charge in [-0.05, 0) is 62.3 Å². The lowest BCUT2D eigenvalue weighted by molar-refractivity contribution is 0.487. The van der Waals surface area contributed by atoms with E-state index >= 15 is 0 Å². The van der Waals surface area contributed by atoms with Crippen LogP contribution in [-0.4, -0.2) is 22.4 Å². The molecule has 0 N–H and O–H groups in total. The molecule has 0 bridgehead atoms. The maximum atomic E-state index is 10.4. The zero-order valence-corrected chi connectivity index (χ0v) is 14.7. The fourth-order valence-electron chi connectivity index (χ4n) is 3.38. The maximum absolute atomic E-state index is 10.4. The van der Waals surface area contributed by atoms with Crippen LogP contribution < -0.4 is 0 Å². The van der Waals surface area contributed by atoms with E-state index in [-0.39, 0.29) is 6.82 Å². The standard InChI is InChI=1S/C12H27P.CH3BF3/c1-10(2,3)13(11(4,5)6)12(7,8)9;1-2(3,4)5/h1-9H3;1H3/q;-1/p+1. The van der Waals surface area contributed by atoms with E-state index in [1.807, 2.05) is 0 Å². The molecule has 0 saturated heterocycles. The third-order valence-corrected chi connectivity index (χ3v) is 6.75. The van der Waals surface area contributed by atoms with Crippen LogP contribution in [0.4, 0.5) is 12.9 Å². The molecule has 0 aliphatic carbocycles. The van der Waals surface area contributed by atoms with Gasteiger partial charge >= 0.3 is 6.98 Å². The van der Waals surface area contributed by atoms with Crippen molar-refractivity contribution in [2.45, 2.75) is 84.6 Å². The van der Waals surface area contributed by atoms with Gasteiger partial charge in [-0.2, -0.15) is 0 Å². The minimum Gasteiger partial charge on any atom is -0.449 e. The molecule has 0 amide bonds. The molecular weight excluding hydrogens is 255 g/mol. The Bertz CT molecular complexity index is 202. The third kappa shape index (κ3) is 11.4. The zero-order valence-electron chi connectivity index (χ0n) is 13.7. The molecular formula is C13H31BF3P. The number of hydrogen-bond acceptors (Lipinski definition) is 0. The van der Waals surface area contributed by atoms with Gasteiger partial charge in [0.25, 0.3) is 0 Å². The Morgan fingerprint density at radius 3 is 0.722 bits per heavy atom. The Balaban J connectivity index is 0. The molecule has 0 rings (SSSR count). The Hall–Kier alpha value is 0.285. The van der Waals surface area contributed by atoms with Crippen LogP contribution in [0.5, 0.6) is 0 Å². The smallest absolute Gasteiger partial charge is 0.449 e. The highest BCUT2D eigenvalue weighted by molar-refractivity contribution is 7.62. The summed E-state index contributed by atoms with van der Waals surface area (Å²) in [6.07, 6.45) is 0. The van der Waals surface area contributed by atoms with Crippen molar-refractivity contribution in [3.63, 3.8) is 0 Å². The summed E-state index contributed by atoms with van der Waals surface area (Å²) in [5.74, 6) is 0. The molecule has 0 heterocycles. The van der Waals surface area contributed by atoms with Crippen molar-refractivity contribution in [1.29, 1.82) is 0 Å². The first-order valence-electron chi connectivity index (χ1n) is 6.48. The van der Waals surface area contributed by atoms with Gasteiger partial charge in [0.15, 0.2) is 0 Å². The maximum Gasteiger partial charge on any atom is 0.475 e. The topological polar surface area (TPSA) is 0 Å². The van der Waals surface area contributed by atoms with Gasteiger partial charge in [-0.3, -0.25) is 0 Å². The van der Waals surface area contributed by atoms with Crippen LogP contribution in [0.3, 0.4) is 0 Å². The van der Waals surface area contributed by atoms with E-state index in [4.69, 9.17) is 0 Å². The predicted molar refractivity (Wildman–Crippen MR) is 82.5 cm³/mol. The van der Waals surface area contributed by atoms with Crippen LogP contribution in [0, 0.1) is 0 Å². The van der Waals surface area contributed by atoms with Crippen molar-refractivity contribution in [2.75, 3.05) is 0 Å². The van der Waals surface area contributed by atoms with Gasteiger partial charge in [0.1, 0.15) is 0 Å². The van der Waals surface area contributed by atoms with Crippen molar-refractivity contribution in [3.05, 3.63) is 0 Å². The molecule has 0 atom stereocenters. The van der Waals surface area contributed by atoms with Crippen LogP contribution in [0.2, 0.25) is 6.82 Å². The second-order valence-corrected chi connectivity index (χ2v) is 13.3. The van der Waals surface area contributed by atoms with Crippen LogP contribution >= 0.6 is 7.92 Å². The lowest BCUT2D eigenvalue weighted by atomic mass is 9.99. The highest BCUT2D eigenvalue weighted by atomic mass is 31.1. The minimum atomic E-state index is -4.50. The van der Waals surface area contributed by atoms with Crippen LogP contribution in [-0.2, 0) is 0 Å². The lowest BCUT2D eigenvalue weighted by Gasteiger charge is -2.42. The molecule has 0 aromatic carbocycles. The quantitative estimate of drug-likeness (QED) is 0.375. The molecule has 0 aliphatic heterocycles. The Morgan fingerprint density at radius 1 is 0.611 bits per heavy atom. The monoisotopic (exact) mass is 286 g/mol. The molecule has 0 aromatic heterocycles. The number of hydrogen-bond donors (Lipinski definition) is 0. The summed E-state index contributed by atoms with van der Waals surface area (Å²) in [5, 5.41) is 1.46. The average Bonchev–Trinajstić information content (AvgIpc) is 1.65. The zero-order chi connectivity index (χ0) is 15.6. The highest BCUT2D eigenvalue weighted by Crippen LogP contribution is 2.66. The fourth-order valence-corrected chi connectivity index (χ4v) is 10.1. The number of rotatable bonds is 0. The minimum absolute atomic E-state index is 0.250. The van der Waals surface area contributed by atoms with Gasteiger partial charge in [0.05, 0.1) is 15.5 Å². The predicted octanol–water partition coefficient (Wildman–Crippen LogP) is 6.06. The van der Waals surface area contributed by atoms with Gasteiger partial charge in [0.2, 0.25) is 0 Å². The van der Waals surface area contributed by atoms with E-state index in [9.17, 15) is 12.9 Å². The van der Waals surface area contributed by atoms with Gasteiger partial charge in [-0.15, -0.1) is 0 Å². The molecule has 0 unspecified atom stereocenters. The van der Waals surface area contributed by atoms with Crippen molar-refractivity contribution in [2.24, 2.45) is 0 Å². The summed E-state index contributed by atoms with van der Waals surface area (Å²) in [6, 6.07) is 0. The highest BCUT2D eigenvalue weighted by Gasteiger charge is 2.49. The van der Waals surface area contributed by atoms with Gasteiger partial charge < -0.3 is 12.9 Å². The largest absolute Gasteiger partial charge is 0.475 e. The first-order valence-corrected chi connectivity index (χ1v) is 7.98. The Kier molecular flexibility index (Phi) is 7.05. The first kappa shape index (κ1) is 20.6. The third-order valence-electron chi connectivity index (χ3n) is 2.25. The summed E-state index contributed by atoms with van der Waals surface area (Å²) in [4.78, 5) is 0. The average molecular weight is 286 g/mol. The molecule has 0 fully saturated rings. The normalized spacial score (nSPS) is 14.3. The van der Waals surface area contributed by atoms with E-state index in [0.717, 1.165) is 0 Å². The van der Waals surface area contributed by atoms with Crippen LogP contribution in [0.15, 0.2) is 0 Å². The second kappa shape index (κ2) is 6.16. The van der Waals surface area contributed by atoms with Gasteiger partial charge in [-0.1, -0.05) is 6.82 Å².